The van der Waals surface area contributed by atoms with Gasteiger partial charge >= 0.3 is 12.1 Å². The van der Waals surface area contributed by atoms with Gasteiger partial charge in [0, 0.05) is 25.2 Å². The molecule has 1 fully saturated rings. The number of nitrogens with one attached hydrogen (secondary N) is 1. The monoisotopic (exact) mass is 312 g/mol. The number of H-pyrrole nitrogens is 1. The van der Waals surface area contributed by atoms with Crippen molar-refractivity contribution in [3.8, 4) is 0 Å². The molecule has 1 aliphatic rings. The molecule has 1 atom stereocenters. The number of pyridine rings is 1. The number of amides is 1. The third kappa shape index (κ3) is 2.90. The van der Waals surface area contributed by atoms with Crippen LogP contribution in [0.5, 0.6) is 0 Å². The molecule has 1 N–H and O–H groups in total. The van der Waals surface area contributed by atoms with Crippen molar-refractivity contribution in [1.82, 2.24) is 19.9 Å². The molecule has 1 saturated heterocycles. The zero-order valence-corrected chi connectivity index (χ0v) is 11.7. The number of carbonyl (C=O) groups excluding carboxylic acids is 1. The molecule has 0 aliphatic carbocycles. The lowest BCUT2D eigenvalue weighted by Gasteiger charge is -2.21. The third-order valence-electron chi connectivity index (χ3n) is 3.92. The van der Waals surface area contributed by atoms with Gasteiger partial charge in [-0.3, -0.25) is 4.79 Å². The van der Waals surface area contributed by atoms with Crippen LogP contribution in [0.4, 0.5) is 13.2 Å². The summed E-state index contributed by atoms with van der Waals surface area (Å²) in [5.74, 6) is -1.00. The highest BCUT2D eigenvalue weighted by Crippen LogP contribution is 2.29. The van der Waals surface area contributed by atoms with E-state index in [4.69, 9.17) is 0 Å². The van der Waals surface area contributed by atoms with Gasteiger partial charge in [-0.05, 0) is 31.4 Å². The first kappa shape index (κ1) is 14.8. The topological polar surface area (TPSA) is 61.9 Å². The molecule has 3 heterocycles. The summed E-state index contributed by atoms with van der Waals surface area (Å²) in [5.41, 5.74) is 1.41. The molecule has 0 radical (unpaired) electrons. The standard InChI is InChI=1S/C14H15F3N4O/c15-14(16,17)13(22)21-7-2-3-9(5-8-21)11-19-10-4-1-6-18-12(10)20-11/h1,4,6,9H,2-3,5,7-8H2,(H,18,19,20). The SMILES string of the molecule is O=C(N1CCCC(c2nc3ncccc3[nH]2)CC1)C(F)(F)F. The second kappa shape index (κ2) is 5.58. The molecule has 2 aromatic heterocycles. The number of hydrogen-bond acceptors (Lipinski definition) is 3. The van der Waals surface area contributed by atoms with Gasteiger partial charge in [0.2, 0.25) is 0 Å². The molecule has 2 aromatic rings. The number of carbonyl (C=O) groups is 1. The highest BCUT2D eigenvalue weighted by molar-refractivity contribution is 5.81. The molecule has 118 valence electrons. The lowest BCUT2D eigenvalue weighted by molar-refractivity contribution is -0.185. The van der Waals surface area contributed by atoms with Crippen LogP contribution in [0.1, 0.15) is 31.0 Å². The Kier molecular flexibility index (Phi) is 3.76. The van der Waals surface area contributed by atoms with Gasteiger partial charge in [0.1, 0.15) is 5.82 Å². The number of nitrogens with zero attached hydrogens (tertiary/aromatic N) is 3. The van der Waals surface area contributed by atoms with Gasteiger partial charge < -0.3 is 9.88 Å². The fourth-order valence-corrected chi connectivity index (χ4v) is 2.81. The summed E-state index contributed by atoms with van der Waals surface area (Å²) in [6.45, 7) is 0.223. The van der Waals surface area contributed by atoms with E-state index < -0.39 is 12.1 Å². The summed E-state index contributed by atoms with van der Waals surface area (Å²) in [6.07, 6.45) is -1.48. The van der Waals surface area contributed by atoms with Crippen LogP contribution in [0.3, 0.4) is 0 Å². The Morgan fingerprint density at radius 1 is 1.32 bits per heavy atom. The zero-order chi connectivity index (χ0) is 15.7. The zero-order valence-electron chi connectivity index (χ0n) is 11.7. The van der Waals surface area contributed by atoms with Crippen molar-refractivity contribution in [2.24, 2.45) is 0 Å². The molecule has 0 saturated carbocycles. The van der Waals surface area contributed by atoms with Gasteiger partial charge in [0.25, 0.3) is 0 Å². The lowest BCUT2D eigenvalue weighted by Crippen LogP contribution is -2.41. The average Bonchev–Trinajstić information content (AvgIpc) is 2.75. The fraction of sp³-hybridized carbons (Fsp3) is 0.500. The first-order chi connectivity index (χ1) is 10.4. The maximum atomic E-state index is 12.5. The largest absolute Gasteiger partial charge is 0.471 e. The van der Waals surface area contributed by atoms with Gasteiger partial charge in [-0.2, -0.15) is 13.2 Å². The molecular weight excluding hydrogens is 297 g/mol. The minimum Gasteiger partial charge on any atom is -0.340 e. The van der Waals surface area contributed by atoms with E-state index in [0.29, 0.717) is 24.9 Å². The number of imidazole rings is 1. The Labute approximate surface area is 124 Å². The molecule has 8 heteroatoms. The molecule has 5 nitrogen and oxygen atoms in total. The van der Waals surface area contributed by atoms with Gasteiger partial charge in [-0.15, -0.1) is 0 Å². The van der Waals surface area contributed by atoms with E-state index in [1.54, 1.807) is 12.3 Å². The van der Waals surface area contributed by atoms with Crippen molar-refractivity contribution in [3.05, 3.63) is 24.2 Å². The summed E-state index contributed by atoms with van der Waals surface area (Å²) < 4.78 is 37.5. The van der Waals surface area contributed by atoms with Crippen molar-refractivity contribution in [3.63, 3.8) is 0 Å². The third-order valence-corrected chi connectivity index (χ3v) is 3.92. The average molecular weight is 312 g/mol. The van der Waals surface area contributed by atoms with E-state index in [9.17, 15) is 18.0 Å². The molecule has 22 heavy (non-hydrogen) atoms. The predicted molar refractivity (Wildman–Crippen MR) is 73.1 cm³/mol. The number of aromatic amines is 1. The highest BCUT2D eigenvalue weighted by atomic mass is 19.4. The number of halogens is 3. The number of alkyl halides is 3. The van der Waals surface area contributed by atoms with Gasteiger partial charge in [0.05, 0.1) is 5.52 Å². The van der Waals surface area contributed by atoms with Crippen LogP contribution < -0.4 is 0 Å². The maximum absolute atomic E-state index is 12.5. The normalized spacial score (nSPS) is 20.1. The van der Waals surface area contributed by atoms with E-state index >= 15 is 0 Å². The molecule has 0 aromatic carbocycles. The molecule has 3 rings (SSSR count). The second-order valence-electron chi connectivity index (χ2n) is 5.41. The minimum atomic E-state index is -4.80. The summed E-state index contributed by atoms with van der Waals surface area (Å²) in [7, 11) is 0. The van der Waals surface area contributed by atoms with Crippen LogP contribution >= 0.6 is 0 Å². The number of hydrogen-bond donors (Lipinski definition) is 1. The molecular formula is C14H15F3N4O. The summed E-state index contributed by atoms with van der Waals surface area (Å²) in [6, 6.07) is 3.65. The van der Waals surface area contributed by atoms with E-state index in [1.165, 1.54) is 0 Å². The summed E-state index contributed by atoms with van der Waals surface area (Å²) >= 11 is 0. The van der Waals surface area contributed by atoms with Crippen LogP contribution in [-0.2, 0) is 4.79 Å². The van der Waals surface area contributed by atoms with Crippen LogP contribution in [0.2, 0.25) is 0 Å². The second-order valence-corrected chi connectivity index (χ2v) is 5.41. The molecule has 1 unspecified atom stereocenters. The summed E-state index contributed by atoms with van der Waals surface area (Å²) in [4.78, 5) is 23.9. The summed E-state index contributed by atoms with van der Waals surface area (Å²) in [5, 5.41) is 0. The molecule has 1 aliphatic heterocycles. The Morgan fingerprint density at radius 3 is 2.86 bits per heavy atom. The van der Waals surface area contributed by atoms with E-state index in [-0.39, 0.29) is 19.0 Å². The Bertz CT molecular complexity index is 649. The van der Waals surface area contributed by atoms with E-state index in [2.05, 4.69) is 15.0 Å². The first-order valence-electron chi connectivity index (χ1n) is 7.12. The Hall–Kier alpha value is -2.12. The number of fused-ring (bicyclic) bond motifs is 1. The number of aromatic nitrogens is 3. The van der Waals surface area contributed by atoms with Crippen LogP contribution in [0.15, 0.2) is 18.3 Å². The fourth-order valence-electron chi connectivity index (χ4n) is 2.81. The Balaban J connectivity index is 1.74. The van der Waals surface area contributed by atoms with E-state index in [0.717, 1.165) is 16.2 Å². The molecule has 1 amide bonds. The van der Waals surface area contributed by atoms with Crippen LogP contribution in [-0.4, -0.2) is 45.0 Å². The van der Waals surface area contributed by atoms with Crippen molar-refractivity contribution in [2.45, 2.75) is 31.4 Å². The molecule has 0 spiro atoms. The van der Waals surface area contributed by atoms with Crippen LogP contribution in [0.25, 0.3) is 11.2 Å². The maximum Gasteiger partial charge on any atom is 0.471 e. The predicted octanol–water partition coefficient (Wildman–Crippen LogP) is 2.62. The smallest absolute Gasteiger partial charge is 0.340 e. The lowest BCUT2D eigenvalue weighted by atomic mass is 10.0. The van der Waals surface area contributed by atoms with Gasteiger partial charge in [0.15, 0.2) is 5.65 Å². The van der Waals surface area contributed by atoms with Crippen molar-refractivity contribution in [2.75, 3.05) is 13.1 Å². The van der Waals surface area contributed by atoms with Crippen molar-refractivity contribution in [1.29, 1.82) is 0 Å². The molecule has 0 bridgehead atoms. The minimum absolute atomic E-state index is 0.0141. The van der Waals surface area contributed by atoms with Crippen molar-refractivity contribution >= 4 is 17.1 Å². The number of likely N-dealkylation sites (tertiary alicyclic amines) is 1. The number of rotatable bonds is 1. The Morgan fingerprint density at radius 2 is 2.14 bits per heavy atom. The van der Waals surface area contributed by atoms with E-state index in [1.807, 2.05) is 6.07 Å². The van der Waals surface area contributed by atoms with Crippen molar-refractivity contribution < 1.29 is 18.0 Å². The van der Waals surface area contributed by atoms with Gasteiger partial charge in [-0.25, -0.2) is 9.97 Å². The quantitative estimate of drug-likeness (QED) is 0.880. The van der Waals surface area contributed by atoms with Crippen LogP contribution in [0, 0.1) is 0 Å². The highest BCUT2D eigenvalue weighted by Gasteiger charge is 2.42. The first-order valence-corrected chi connectivity index (χ1v) is 7.12. The van der Waals surface area contributed by atoms with Gasteiger partial charge in [-0.1, -0.05) is 0 Å².